The van der Waals surface area contributed by atoms with E-state index in [0.717, 1.165) is 11.3 Å². The van der Waals surface area contributed by atoms with E-state index in [9.17, 15) is 4.39 Å². The van der Waals surface area contributed by atoms with E-state index in [1.807, 2.05) is 0 Å². The molecule has 0 aliphatic heterocycles. The molecule has 0 spiro atoms. The predicted octanol–water partition coefficient (Wildman–Crippen LogP) is 2.72. The smallest absolute Gasteiger partial charge is 0.239 e. The maximum Gasteiger partial charge on any atom is 0.239 e. The molecule has 0 saturated carbocycles. The molecule has 0 fully saturated rings. The van der Waals surface area contributed by atoms with Crippen LogP contribution in [0, 0.1) is 12.7 Å². The van der Waals surface area contributed by atoms with Gasteiger partial charge in [-0.15, -0.1) is 0 Å². The van der Waals surface area contributed by atoms with Gasteiger partial charge in [0.15, 0.2) is 0 Å². The highest BCUT2D eigenvalue weighted by Crippen LogP contribution is 2.26. The molecule has 94 valence electrons. The fraction of sp³-hybridized carbons (Fsp3) is 0.0909. The summed E-state index contributed by atoms with van der Waals surface area (Å²) in [5.74, 6) is 5.80. The molecule has 2 aromatic rings. The molecule has 4 N–H and O–H groups in total. The first-order valence-electron chi connectivity index (χ1n) is 5.12. The van der Waals surface area contributed by atoms with Crippen molar-refractivity contribution in [1.29, 1.82) is 0 Å². The minimum absolute atomic E-state index is 0.301. The Bertz CT molecular complexity index is 575. The van der Waals surface area contributed by atoms with Crippen LogP contribution in [0.25, 0.3) is 0 Å². The Hall–Kier alpha value is -1.73. The van der Waals surface area contributed by atoms with Gasteiger partial charge in [0.25, 0.3) is 0 Å². The minimum Gasteiger partial charge on any atom is -0.340 e. The van der Waals surface area contributed by atoms with Crippen molar-refractivity contribution in [1.82, 2.24) is 9.97 Å². The van der Waals surface area contributed by atoms with Crippen LogP contribution in [0.1, 0.15) is 5.56 Å². The van der Waals surface area contributed by atoms with Gasteiger partial charge in [-0.25, -0.2) is 15.2 Å². The van der Waals surface area contributed by atoms with Crippen LogP contribution in [0.15, 0.2) is 28.9 Å². The molecule has 0 saturated heterocycles. The van der Waals surface area contributed by atoms with Crippen molar-refractivity contribution in [3.8, 4) is 0 Å². The second-order valence-corrected chi connectivity index (χ2v) is 4.47. The Kier molecular flexibility index (Phi) is 3.73. The molecular weight excluding hydrogens is 301 g/mol. The van der Waals surface area contributed by atoms with Crippen molar-refractivity contribution in [3.05, 3.63) is 40.2 Å². The number of anilines is 3. The average Bonchev–Trinajstić information content (AvgIpc) is 2.36. The fourth-order valence-corrected chi connectivity index (χ4v) is 1.76. The third-order valence-corrected chi connectivity index (χ3v) is 2.92. The minimum atomic E-state index is -0.301. The van der Waals surface area contributed by atoms with Gasteiger partial charge in [-0.05, 0) is 46.6 Å². The van der Waals surface area contributed by atoms with Gasteiger partial charge in [0.1, 0.15) is 11.6 Å². The monoisotopic (exact) mass is 311 g/mol. The van der Waals surface area contributed by atoms with Gasteiger partial charge in [0.05, 0.1) is 4.47 Å². The Labute approximate surface area is 112 Å². The lowest BCUT2D eigenvalue weighted by atomic mass is 10.2. The van der Waals surface area contributed by atoms with Crippen molar-refractivity contribution >= 4 is 33.4 Å². The van der Waals surface area contributed by atoms with Gasteiger partial charge < -0.3 is 5.32 Å². The molecule has 0 bridgehead atoms. The van der Waals surface area contributed by atoms with Crippen molar-refractivity contribution in [2.24, 2.45) is 5.84 Å². The first-order valence-corrected chi connectivity index (χ1v) is 5.92. The van der Waals surface area contributed by atoms with Gasteiger partial charge >= 0.3 is 0 Å². The predicted molar refractivity (Wildman–Crippen MR) is 72.0 cm³/mol. The molecule has 1 aromatic heterocycles. The van der Waals surface area contributed by atoms with E-state index in [-0.39, 0.29) is 5.82 Å². The van der Waals surface area contributed by atoms with Crippen LogP contribution < -0.4 is 16.6 Å². The molecule has 0 atom stereocenters. The first kappa shape index (κ1) is 12.7. The van der Waals surface area contributed by atoms with Crippen LogP contribution in [-0.2, 0) is 0 Å². The summed E-state index contributed by atoms with van der Waals surface area (Å²) in [6, 6.07) is 4.79. The van der Waals surface area contributed by atoms with E-state index in [1.165, 1.54) is 6.07 Å². The van der Waals surface area contributed by atoms with Crippen LogP contribution in [0.2, 0.25) is 0 Å². The van der Waals surface area contributed by atoms with Crippen molar-refractivity contribution in [2.75, 3.05) is 10.7 Å². The van der Waals surface area contributed by atoms with E-state index < -0.39 is 0 Å². The van der Waals surface area contributed by atoms with Gasteiger partial charge in [-0.1, -0.05) is 0 Å². The van der Waals surface area contributed by atoms with Crippen LogP contribution in [-0.4, -0.2) is 9.97 Å². The van der Waals surface area contributed by atoms with Gasteiger partial charge in [0, 0.05) is 11.9 Å². The zero-order valence-corrected chi connectivity index (χ0v) is 11.1. The average molecular weight is 312 g/mol. The molecule has 18 heavy (non-hydrogen) atoms. The number of aromatic nitrogens is 2. The van der Waals surface area contributed by atoms with E-state index in [4.69, 9.17) is 5.84 Å². The number of hydrogen-bond acceptors (Lipinski definition) is 5. The van der Waals surface area contributed by atoms with Crippen molar-refractivity contribution < 1.29 is 4.39 Å². The summed E-state index contributed by atoms with van der Waals surface area (Å²) in [6.07, 6.45) is 1.57. The molecule has 0 amide bonds. The Morgan fingerprint density at radius 1 is 1.39 bits per heavy atom. The molecule has 0 aliphatic carbocycles. The lowest BCUT2D eigenvalue weighted by Crippen LogP contribution is -2.11. The largest absolute Gasteiger partial charge is 0.340 e. The summed E-state index contributed by atoms with van der Waals surface area (Å²) in [5, 5.41) is 3.07. The third kappa shape index (κ3) is 2.74. The molecule has 0 radical (unpaired) electrons. The molecule has 1 heterocycles. The zero-order chi connectivity index (χ0) is 13.1. The summed E-state index contributed by atoms with van der Waals surface area (Å²) in [5.41, 5.74) is 3.89. The number of halogens is 2. The molecule has 7 heteroatoms. The zero-order valence-electron chi connectivity index (χ0n) is 9.54. The first-order chi connectivity index (χ1) is 8.60. The number of benzene rings is 1. The number of nitrogens with zero attached hydrogens (tertiary/aromatic N) is 2. The number of aryl methyl sites for hydroxylation is 1. The maximum absolute atomic E-state index is 13.3. The van der Waals surface area contributed by atoms with E-state index in [1.54, 1.807) is 25.3 Å². The third-order valence-electron chi connectivity index (χ3n) is 2.31. The number of hydrazine groups is 1. The standard InChI is InChI=1S/C11H11BrFN5/c1-6-4-8(13)7(12)5-9(6)16-10-2-3-15-11(17-10)18-14/h2-5H,14H2,1H3,(H2,15,16,17,18). The summed E-state index contributed by atoms with van der Waals surface area (Å²) in [6.45, 7) is 1.81. The Morgan fingerprint density at radius 3 is 2.89 bits per heavy atom. The second-order valence-electron chi connectivity index (χ2n) is 3.62. The van der Waals surface area contributed by atoms with Crippen LogP contribution in [0.5, 0.6) is 0 Å². The summed E-state index contributed by atoms with van der Waals surface area (Å²) < 4.78 is 13.7. The number of nitrogens with two attached hydrogens (primary N) is 1. The van der Waals surface area contributed by atoms with E-state index in [2.05, 4.69) is 36.6 Å². The molecule has 1 aromatic carbocycles. The normalized spacial score (nSPS) is 10.2. The number of rotatable bonds is 3. The number of hydrogen-bond donors (Lipinski definition) is 3. The van der Waals surface area contributed by atoms with Crippen molar-refractivity contribution in [2.45, 2.75) is 6.92 Å². The van der Waals surface area contributed by atoms with Gasteiger partial charge in [-0.3, -0.25) is 5.43 Å². The van der Waals surface area contributed by atoms with Crippen molar-refractivity contribution in [3.63, 3.8) is 0 Å². The number of nitrogens with one attached hydrogen (secondary N) is 2. The Morgan fingerprint density at radius 2 is 2.17 bits per heavy atom. The summed E-state index contributed by atoms with van der Waals surface area (Å²) in [7, 11) is 0. The van der Waals surface area contributed by atoms with Gasteiger partial charge in [-0.2, -0.15) is 4.98 Å². The topological polar surface area (TPSA) is 75.9 Å². The quantitative estimate of drug-likeness (QED) is 0.600. The SMILES string of the molecule is Cc1cc(F)c(Br)cc1Nc1ccnc(NN)n1. The van der Waals surface area contributed by atoms with Crippen LogP contribution in [0.4, 0.5) is 21.8 Å². The van der Waals surface area contributed by atoms with E-state index in [0.29, 0.717) is 16.2 Å². The lowest BCUT2D eigenvalue weighted by molar-refractivity contribution is 0.620. The molecule has 5 nitrogen and oxygen atoms in total. The summed E-state index contributed by atoms with van der Waals surface area (Å²) >= 11 is 3.14. The van der Waals surface area contributed by atoms with Crippen LogP contribution >= 0.6 is 15.9 Å². The highest BCUT2D eigenvalue weighted by molar-refractivity contribution is 9.10. The molecule has 2 rings (SSSR count). The number of nitrogen functional groups attached to an aromatic ring is 1. The molecule has 0 aliphatic rings. The highest BCUT2D eigenvalue weighted by Gasteiger charge is 2.06. The fourth-order valence-electron chi connectivity index (χ4n) is 1.42. The summed E-state index contributed by atoms with van der Waals surface area (Å²) in [4.78, 5) is 8.01. The second kappa shape index (κ2) is 5.28. The lowest BCUT2D eigenvalue weighted by Gasteiger charge is -2.10. The Balaban J connectivity index is 2.30. The molecule has 0 unspecified atom stereocenters. The molecular formula is C11H11BrFN5. The van der Waals surface area contributed by atoms with Crippen LogP contribution in [0.3, 0.4) is 0 Å². The highest BCUT2D eigenvalue weighted by atomic mass is 79.9. The maximum atomic E-state index is 13.3. The van der Waals surface area contributed by atoms with E-state index >= 15 is 0 Å². The van der Waals surface area contributed by atoms with Gasteiger partial charge in [0.2, 0.25) is 5.95 Å².